The van der Waals surface area contributed by atoms with Crippen LogP contribution in [0.15, 0.2) is 17.1 Å². The third kappa shape index (κ3) is 2.89. The first-order valence-electron chi connectivity index (χ1n) is 6.16. The fourth-order valence-corrected chi connectivity index (χ4v) is 2.54. The van der Waals surface area contributed by atoms with Crippen LogP contribution in [0.1, 0.15) is 19.4 Å². The molecule has 0 aromatic heterocycles. The molecule has 0 spiro atoms. The zero-order valence-electron chi connectivity index (χ0n) is 11.4. The molecule has 8 heteroatoms. The standard InChI is InChI=1S/C13H12Cl2N4O2/c1-3-18-11-5-4-10(14)12(15)9(11)6-19(21-8(2)20)13(18)17-7-16/h4-5H,3,6H2,1-2H3. The SMILES string of the molecule is CCN1C(=NC#N)N(OC(C)=O)Cc2c1ccc(Cl)c2Cl. The van der Waals surface area contributed by atoms with Crippen molar-refractivity contribution in [3.63, 3.8) is 0 Å². The molecule has 1 aromatic carbocycles. The molecule has 0 unspecified atom stereocenters. The summed E-state index contributed by atoms with van der Waals surface area (Å²) in [6, 6.07) is 3.47. The molecule has 6 nitrogen and oxygen atoms in total. The Hall–Kier alpha value is -1.97. The van der Waals surface area contributed by atoms with E-state index < -0.39 is 5.97 Å². The number of carbonyl (C=O) groups is 1. The van der Waals surface area contributed by atoms with E-state index in [9.17, 15) is 4.79 Å². The van der Waals surface area contributed by atoms with Crippen LogP contribution in [-0.4, -0.2) is 23.5 Å². The van der Waals surface area contributed by atoms with E-state index in [1.54, 1.807) is 23.2 Å². The lowest BCUT2D eigenvalue weighted by molar-refractivity contribution is -0.172. The number of hydrogen-bond donors (Lipinski definition) is 0. The highest BCUT2D eigenvalue weighted by Gasteiger charge is 2.32. The minimum Gasteiger partial charge on any atom is -0.338 e. The Morgan fingerprint density at radius 1 is 1.52 bits per heavy atom. The van der Waals surface area contributed by atoms with Gasteiger partial charge < -0.3 is 9.74 Å². The first-order chi connectivity index (χ1) is 9.99. The predicted molar refractivity (Wildman–Crippen MR) is 79.8 cm³/mol. The quantitative estimate of drug-likeness (QED) is 0.781. The molecule has 1 aliphatic rings. The van der Waals surface area contributed by atoms with Crippen LogP contribution >= 0.6 is 23.2 Å². The number of aliphatic imine (C=N–C) groups is 1. The smallest absolute Gasteiger partial charge is 0.329 e. The van der Waals surface area contributed by atoms with E-state index in [-0.39, 0.29) is 12.5 Å². The van der Waals surface area contributed by atoms with Gasteiger partial charge >= 0.3 is 5.97 Å². The molecular weight excluding hydrogens is 315 g/mol. The number of fused-ring (bicyclic) bond motifs is 1. The topological polar surface area (TPSA) is 68.9 Å². The third-order valence-electron chi connectivity index (χ3n) is 2.93. The van der Waals surface area contributed by atoms with Crippen molar-refractivity contribution >= 4 is 40.8 Å². The number of carbonyl (C=O) groups excluding carboxylic acids is 1. The minimum absolute atomic E-state index is 0.172. The molecule has 1 aliphatic heterocycles. The lowest BCUT2D eigenvalue weighted by atomic mass is 10.1. The van der Waals surface area contributed by atoms with E-state index in [0.29, 0.717) is 22.2 Å². The van der Waals surface area contributed by atoms with Crippen LogP contribution in [0.2, 0.25) is 10.0 Å². The molecule has 0 bridgehead atoms. The number of nitrogens with zero attached hydrogens (tertiary/aromatic N) is 4. The largest absolute Gasteiger partial charge is 0.338 e. The molecule has 110 valence electrons. The van der Waals surface area contributed by atoms with Crippen LogP contribution in [0.5, 0.6) is 0 Å². The highest BCUT2D eigenvalue weighted by Crippen LogP contribution is 2.37. The molecule has 0 aliphatic carbocycles. The number of halogens is 2. The van der Waals surface area contributed by atoms with Crippen molar-refractivity contribution in [2.24, 2.45) is 4.99 Å². The van der Waals surface area contributed by atoms with Crippen molar-refractivity contribution in [3.8, 4) is 6.19 Å². The Morgan fingerprint density at radius 2 is 2.24 bits per heavy atom. The van der Waals surface area contributed by atoms with Crippen molar-refractivity contribution < 1.29 is 9.63 Å². The fraction of sp³-hybridized carbons (Fsp3) is 0.308. The van der Waals surface area contributed by atoms with Gasteiger partial charge in [0.25, 0.3) is 5.96 Å². The van der Waals surface area contributed by atoms with Crippen LogP contribution in [0.25, 0.3) is 0 Å². The molecule has 2 rings (SSSR count). The van der Waals surface area contributed by atoms with Gasteiger partial charge in [-0.1, -0.05) is 23.2 Å². The number of anilines is 1. The molecule has 0 saturated heterocycles. The predicted octanol–water partition coefficient (Wildman–Crippen LogP) is 2.95. The molecular formula is C13H12Cl2N4O2. The Kier molecular flexibility index (Phi) is 4.56. The fourth-order valence-electron chi connectivity index (χ4n) is 2.14. The van der Waals surface area contributed by atoms with Crippen LogP contribution < -0.4 is 4.90 Å². The maximum absolute atomic E-state index is 11.2. The van der Waals surface area contributed by atoms with Gasteiger partial charge in [0.2, 0.25) is 6.19 Å². The van der Waals surface area contributed by atoms with Crippen LogP contribution in [-0.2, 0) is 16.2 Å². The number of guanidine groups is 1. The Bertz CT molecular complexity index is 654. The van der Waals surface area contributed by atoms with Crippen LogP contribution in [0.3, 0.4) is 0 Å². The first-order valence-corrected chi connectivity index (χ1v) is 6.92. The molecule has 1 aromatic rings. The highest BCUT2D eigenvalue weighted by atomic mass is 35.5. The number of benzene rings is 1. The summed E-state index contributed by atoms with van der Waals surface area (Å²) in [4.78, 5) is 21.8. The second kappa shape index (κ2) is 6.20. The maximum Gasteiger partial charge on any atom is 0.329 e. The van der Waals surface area contributed by atoms with Gasteiger partial charge in [0.15, 0.2) is 0 Å². The summed E-state index contributed by atoms with van der Waals surface area (Å²) in [5.74, 6) is -0.278. The van der Waals surface area contributed by atoms with Gasteiger partial charge in [-0.2, -0.15) is 10.3 Å². The number of hydroxylamine groups is 2. The molecule has 1 heterocycles. The van der Waals surface area contributed by atoms with E-state index >= 15 is 0 Å². The number of nitriles is 1. The van der Waals surface area contributed by atoms with Gasteiger partial charge in [-0.25, -0.2) is 0 Å². The van der Waals surface area contributed by atoms with E-state index in [1.165, 1.54) is 12.0 Å². The molecule has 0 saturated carbocycles. The summed E-state index contributed by atoms with van der Waals surface area (Å²) >= 11 is 12.3. The average molecular weight is 327 g/mol. The Labute approximate surface area is 132 Å². The van der Waals surface area contributed by atoms with Crippen molar-refractivity contribution in [3.05, 3.63) is 27.7 Å². The second-order valence-corrected chi connectivity index (χ2v) is 5.02. The lowest BCUT2D eigenvalue weighted by Crippen LogP contribution is -2.48. The third-order valence-corrected chi connectivity index (χ3v) is 3.78. The molecule has 21 heavy (non-hydrogen) atoms. The number of hydrogen-bond acceptors (Lipinski definition) is 4. The molecule has 0 fully saturated rings. The molecule has 0 atom stereocenters. The second-order valence-electron chi connectivity index (χ2n) is 4.23. The number of rotatable bonds is 2. The van der Waals surface area contributed by atoms with Gasteiger partial charge in [0, 0.05) is 19.0 Å². The van der Waals surface area contributed by atoms with Crippen molar-refractivity contribution in [1.29, 1.82) is 5.26 Å². The van der Waals surface area contributed by atoms with Crippen LogP contribution in [0, 0.1) is 11.5 Å². The van der Waals surface area contributed by atoms with Gasteiger partial charge in [0.1, 0.15) is 0 Å². The van der Waals surface area contributed by atoms with E-state index in [1.807, 2.05) is 6.92 Å². The zero-order valence-corrected chi connectivity index (χ0v) is 12.9. The van der Waals surface area contributed by atoms with Crippen molar-refractivity contribution in [2.45, 2.75) is 20.4 Å². The van der Waals surface area contributed by atoms with Crippen molar-refractivity contribution in [1.82, 2.24) is 5.06 Å². The molecule has 0 radical (unpaired) electrons. The lowest BCUT2D eigenvalue weighted by Gasteiger charge is -2.37. The summed E-state index contributed by atoms with van der Waals surface area (Å²) in [5, 5.41) is 10.9. The highest BCUT2D eigenvalue weighted by molar-refractivity contribution is 6.42. The molecule has 0 N–H and O–H groups in total. The zero-order chi connectivity index (χ0) is 15.6. The Morgan fingerprint density at radius 3 is 2.81 bits per heavy atom. The summed E-state index contributed by atoms with van der Waals surface area (Å²) in [6.45, 7) is 3.85. The monoisotopic (exact) mass is 326 g/mol. The van der Waals surface area contributed by atoms with Gasteiger partial charge in [0.05, 0.1) is 22.3 Å². The average Bonchev–Trinajstić information content (AvgIpc) is 2.44. The molecule has 0 amide bonds. The van der Waals surface area contributed by atoms with E-state index in [4.69, 9.17) is 33.3 Å². The van der Waals surface area contributed by atoms with Gasteiger partial charge in [-0.3, -0.25) is 4.79 Å². The summed E-state index contributed by atoms with van der Waals surface area (Å²) in [6.07, 6.45) is 1.72. The summed E-state index contributed by atoms with van der Waals surface area (Å²) in [7, 11) is 0. The first kappa shape index (κ1) is 15.4. The minimum atomic E-state index is -0.515. The van der Waals surface area contributed by atoms with Gasteiger partial charge in [-0.15, -0.1) is 4.99 Å². The van der Waals surface area contributed by atoms with Crippen molar-refractivity contribution in [2.75, 3.05) is 11.4 Å². The summed E-state index contributed by atoms with van der Waals surface area (Å²) < 4.78 is 0. The van der Waals surface area contributed by atoms with E-state index in [2.05, 4.69) is 4.99 Å². The van der Waals surface area contributed by atoms with Crippen LogP contribution in [0.4, 0.5) is 5.69 Å². The normalized spacial score (nSPS) is 15.7. The Balaban J connectivity index is 2.58. The van der Waals surface area contributed by atoms with Gasteiger partial charge in [-0.05, 0) is 19.1 Å². The summed E-state index contributed by atoms with van der Waals surface area (Å²) in [5.41, 5.74) is 1.49. The maximum atomic E-state index is 11.2. The van der Waals surface area contributed by atoms with E-state index in [0.717, 1.165) is 5.69 Å².